The van der Waals surface area contributed by atoms with Crippen molar-refractivity contribution >= 4 is 62.0 Å². The van der Waals surface area contributed by atoms with E-state index in [1.165, 1.54) is 0 Å². The molecule has 0 aliphatic rings. The van der Waals surface area contributed by atoms with E-state index in [2.05, 4.69) is 42.1 Å². The molecule has 2 rings (SSSR count). The summed E-state index contributed by atoms with van der Waals surface area (Å²) in [5, 5.41) is 3.15. The van der Waals surface area contributed by atoms with Crippen molar-refractivity contribution < 1.29 is 0 Å². The van der Waals surface area contributed by atoms with Crippen molar-refractivity contribution in [3.63, 3.8) is 0 Å². The molecule has 1 aromatic heterocycles. The molecule has 0 spiro atoms. The van der Waals surface area contributed by atoms with Gasteiger partial charge in [0.05, 0.1) is 0 Å². The van der Waals surface area contributed by atoms with Crippen LogP contribution in [-0.2, 0) is 12.8 Å². The Morgan fingerprint density at radius 2 is 1.50 bits per heavy atom. The van der Waals surface area contributed by atoms with E-state index in [1.54, 1.807) is 0 Å². The van der Waals surface area contributed by atoms with Crippen LogP contribution in [0.1, 0.15) is 11.1 Å². The molecule has 24 heavy (non-hydrogen) atoms. The van der Waals surface area contributed by atoms with Crippen LogP contribution in [0, 0.1) is 0 Å². The van der Waals surface area contributed by atoms with Gasteiger partial charge in [0, 0.05) is 0 Å². The number of rotatable bonds is 7. The van der Waals surface area contributed by atoms with Gasteiger partial charge in [0.15, 0.2) is 0 Å². The fraction of sp³-hybridized carbons (Fsp3) is 0.308. The number of anilines is 4. The predicted octanol–water partition coefficient (Wildman–Crippen LogP) is -0.663. The van der Waals surface area contributed by atoms with E-state index in [9.17, 15) is 0 Å². The third-order valence-electron chi connectivity index (χ3n) is 3.33. The number of thiol groups is 2. The van der Waals surface area contributed by atoms with Gasteiger partial charge in [-0.05, 0) is 0 Å². The van der Waals surface area contributed by atoms with E-state index in [4.69, 9.17) is 22.9 Å². The Morgan fingerprint density at radius 3 is 2.04 bits per heavy atom. The Labute approximate surface area is 154 Å². The van der Waals surface area contributed by atoms with Gasteiger partial charge in [0.1, 0.15) is 0 Å². The number of nitrogens with one attached hydrogen (secondary N) is 1. The molecule has 11 heteroatoms. The van der Waals surface area contributed by atoms with E-state index in [-0.39, 0.29) is 17.8 Å². The quantitative estimate of drug-likeness (QED) is 0.226. The number of aromatic nitrogens is 3. The monoisotopic (exact) mass is 428 g/mol. The molecule has 2 aromatic rings. The van der Waals surface area contributed by atoms with Crippen molar-refractivity contribution in [2.45, 2.75) is 12.8 Å². The standard InChI is InChI=1S/C13H21AsN8S2/c15-5-3-7-8(4-6-16)10(2-1-9(7)14(23)24)19-13-21-11(17)20-12(18)22-13/h1-2,23-24H,3-6,15-16H2,(H5,17,18,19,20,21,22). The first-order valence-corrected chi connectivity index (χ1v) is 14.0. The van der Waals surface area contributed by atoms with Crippen molar-refractivity contribution in [3.8, 4) is 0 Å². The van der Waals surface area contributed by atoms with Crippen LogP contribution >= 0.6 is 21.8 Å². The van der Waals surface area contributed by atoms with E-state index >= 15 is 0 Å². The first kappa shape index (κ1) is 19.1. The predicted molar refractivity (Wildman–Crippen MR) is 107 cm³/mol. The van der Waals surface area contributed by atoms with E-state index in [0.29, 0.717) is 19.5 Å². The minimum absolute atomic E-state index is 0.0581. The summed E-state index contributed by atoms with van der Waals surface area (Å²) in [5.41, 5.74) is 25.9. The zero-order chi connectivity index (χ0) is 17.7. The number of hydrogen-bond donors (Lipinski definition) is 7. The van der Waals surface area contributed by atoms with Gasteiger partial charge in [-0.25, -0.2) is 0 Å². The summed E-state index contributed by atoms with van der Waals surface area (Å²) >= 11 is -1.66. The fourth-order valence-electron chi connectivity index (χ4n) is 2.42. The van der Waals surface area contributed by atoms with Crippen molar-refractivity contribution in [2.75, 3.05) is 29.9 Å². The zero-order valence-electron chi connectivity index (χ0n) is 13.0. The second-order valence-corrected chi connectivity index (χ2v) is 13.0. The molecule has 0 aliphatic heterocycles. The second kappa shape index (κ2) is 8.77. The summed E-state index contributed by atoms with van der Waals surface area (Å²) < 4.78 is 1.16. The average molecular weight is 428 g/mol. The molecular formula is C13H21AsN8S2. The van der Waals surface area contributed by atoms with Gasteiger partial charge >= 0.3 is 154 Å². The van der Waals surface area contributed by atoms with Crippen molar-refractivity contribution in [2.24, 2.45) is 11.5 Å². The molecule has 0 amide bonds. The van der Waals surface area contributed by atoms with Crippen LogP contribution in [-0.4, -0.2) is 40.4 Å². The SMILES string of the molecule is NCCc1c(Nc2nc(N)nc(N)n2)ccc([As](S)S)c1CCN. The molecule has 1 aromatic carbocycles. The molecule has 1 heterocycles. The Balaban J connectivity index is 2.50. The van der Waals surface area contributed by atoms with Gasteiger partial charge in [-0.2, -0.15) is 0 Å². The van der Waals surface area contributed by atoms with Crippen LogP contribution in [0.25, 0.3) is 0 Å². The third kappa shape index (κ3) is 4.67. The molecule has 0 radical (unpaired) electrons. The van der Waals surface area contributed by atoms with Crippen molar-refractivity contribution in [1.82, 2.24) is 15.0 Å². The minimum atomic E-state index is -1.66. The van der Waals surface area contributed by atoms with Crippen LogP contribution < -0.4 is 32.6 Å². The zero-order valence-corrected chi connectivity index (χ0v) is 16.6. The number of benzene rings is 1. The summed E-state index contributed by atoms with van der Waals surface area (Å²) in [6.07, 6.45) is 1.42. The Bertz CT molecular complexity index is 692. The van der Waals surface area contributed by atoms with Crippen molar-refractivity contribution in [1.29, 1.82) is 0 Å². The first-order valence-electron chi connectivity index (χ1n) is 7.23. The van der Waals surface area contributed by atoms with Crippen molar-refractivity contribution in [3.05, 3.63) is 23.3 Å². The fourth-order valence-corrected chi connectivity index (χ4v) is 5.83. The molecule has 9 N–H and O–H groups in total. The van der Waals surface area contributed by atoms with Gasteiger partial charge < -0.3 is 0 Å². The molecule has 0 saturated heterocycles. The molecule has 8 nitrogen and oxygen atoms in total. The van der Waals surface area contributed by atoms with E-state index < -0.39 is 12.3 Å². The van der Waals surface area contributed by atoms with Crippen LogP contribution in [0.15, 0.2) is 12.1 Å². The summed E-state index contributed by atoms with van der Waals surface area (Å²) in [5.74, 6) is 0.404. The summed E-state index contributed by atoms with van der Waals surface area (Å²) in [4.78, 5) is 11.9. The molecule has 0 aliphatic carbocycles. The van der Waals surface area contributed by atoms with Crippen LogP contribution in [0.4, 0.5) is 23.5 Å². The average Bonchev–Trinajstić information content (AvgIpc) is 2.49. The van der Waals surface area contributed by atoms with Gasteiger partial charge in [-0.15, -0.1) is 0 Å². The Morgan fingerprint density at radius 1 is 0.917 bits per heavy atom. The number of hydrogen-bond acceptors (Lipinski definition) is 10. The number of nitrogen functional groups attached to an aromatic ring is 2. The van der Waals surface area contributed by atoms with Gasteiger partial charge in [-0.3, -0.25) is 0 Å². The van der Waals surface area contributed by atoms with Gasteiger partial charge in [0.25, 0.3) is 0 Å². The first-order chi connectivity index (χ1) is 11.5. The van der Waals surface area contributed by atoms with E-state index in [1.807, 2.05) is 12.1 Å². The molecule has 130 valence electrons. The number of nitrogens with two attached hydrogens (primary N) is 4. The summed E-state index contributed by atoms with van der Waals surface area (Å²) in [6.45, 7) is 1.03. The topological polar surface area (TPSA) is 155 Å². The summed E-state index contributed by atoms with van der Waals surface area (Å²) in [7, 11) is 9.15. The van der Waals surface area contributed by atoms with E-state index in [0.717, 1.165) is 27.6 Å². The molecule has 0 atom stereocenters. The molecule has 0 fully saturated rings. The normalized spacial score (nSPS) is 11.0. The van der Waals surface area contributed by atoms with Crippen LogP contribution in [0.3, 0.4) is 0 Å². The second-order valence-electron chi connectivity index (χ2n) is 4.96. The molecule has 0 bridgehead atoms. The molecule has 0 unspecified atom stereocenters. The summed E-state index contributed by atoms with van der Waals surface area (Å²) in [6, 6.07) is 3.96. The third-order valence-corrected chi connectivity index (χ3v) is 7.35. The Hall–Kier alpha value is -1.19. The van der Waals surface area contributed by atoms with Gasteiger partial charge in [-0.1, -0.05) is 0 Å². The van der Waals surface area contributed by atoms with Gasteiger partial charge in [0.2, 0.25) is 0 Å². The maximum absolute atomic E-state index is 5.80. The molecule has 0 saturated carbocycles. The number of nitrogens with zero attached hydrogens (tertiary/aromatic N) is 3. The molecular weight excluding hydrogens is 407 g/mol. The Kier molecular flexibility index (Phi) is 7.00. The van der Waals surface area contributed by atoms with Crippen LogP contribution in [0.5, 0.6) is 0 Å². The van der Waals surface area contributed by atoms with Crippen LogP contribution in [0.2, 0.25) is 0 Å². The maximum atomic E-state index is 5.80.